The monoisotopic (exact) mass is 295 g/mol. The Kier molecular flexibility index (Phi) is 3.59. The molecule has 1 saturated heterocycles. The lowest BCUT2D eigenvalue weighted by atomic mass is 9.97. The number of hydrogen-bond acceptors (Lipinski definition) is 2. The molecule has 2 fully saturated rings. The van der Waals surface area contributed by atoms with Crippen molar-refractivity contribution in [2.75, 3.05) is 13.1 Å². The molecule has 1 spiro atoms. The molecule has 1 heterocycles. The number of ether oxygens (including phenoxy) is 1. The van der Waals surface area contributed by atoms with Crippen LogP contribution in [0.1, 0.15) is 31.2 Å². The first kappa shape index (κ1) is 14.3. The highest BCUT2D eigenvalue weighted by Crippen LogP contribution is 2.65. The lowest BCUT2D eigenvalue weighted by molar-refractivity contribution is 0.0563. The van der Waals surface area contributed by atoms with E-state index < -0.39 is 17.4 Å². The average Bonchev–Trinajstić information content (AvgIpc) is 3.10. The Balaban J connectivity index is 1.52. The van der Waals surface area contributed by atoms with Crippen LogP contribution in [-0.2, 0) is 11.3 Å². The first-order chi connectivity index (χ1) is 10.0. The van der Waals surface area contributed by atoms with Gasteiger partial charge in [0.05, 0.1) is 0 Å². The van der Waals surface area contributed by atoms with Gasteiger partial charge < -0.3 is 9.64 Å². The van der Waals surface area contributed by atoms with Gasteiger partial charge in [0.1, 0.15) is 6.61 Å². The van der Waals surface area contributed by atoms with Gasteiger partial charge in [0.25, 0.3) is 5.92 Å². The van der Waals surface area contributed by atoms with Crippen molar-refractivity contribution >= 4 is 6.09 Å². The van der Waals surface area contributed by atoms with Crippen molar-refractivity contribution in [3.63, 3.8) is 0 Å². The van der Waals surface area contributed by atoms with Crippen LogP contribution in [0, 0.1) is 5.41 Å². The zero-order valence-electron chi connectivity index (χ0n) is 11.9. The van der Waals surface area contributed by atoms with Crippen molar-refractivity contribution in [2.24, 2.45) is 5.41 Å². The van der Waals surface area contributed by atoms with E-state index in [-0.39, 0.29) is 13.0 Å². The van der Waals surface area contributed by atoms with Crippen LogP contribution >= 0.6 is 0 Å². The minimum atomic E-state index is -2.53. The van der Waals surface area contributed by atoms with Crippen LogP contribution in [0.5, 0.6) is 0 Å². The highest BCUT2D eigenvalue weighted by Gasteiger charge is 2.70. The molecule has 1 aliphatic heterocycles. The third kappa shape index (κ3) is 2.87. The van der Waals surface area contributed by atoms with Crippen LogP contribution < -0.4 is 0 Å². The number of alkyl halides is 2. The number of amides is 1. The Morgan fingerprint density at radius 2 is 1.90 bits per heavy atom. The van der Waals surface area contributed by atoms with Gasteiger partial charge in [-0.1, -0.05) is 30.3 Å². The van der Waals surface area contributed by atoms with Crippen molar-refractivity contribution in [1.29, 1.82) is 0 Å². The molecule has 1 aromatic rings. The van der Waals surface area contributed by atoms with Gasteiger partial charge in [0.2, 0.25) is 0 Å². The van der Waals surface area contributed by atoms with E-state index in [1.165, 1.54) is 0 Å². The summed E-state index contributed by atoms with van der Waals surface area (Å²) in [5.74, 6) is -2.53. The van der Waals surface area contributed by atoms with Crippen LogP contribution in [0.4, 0.5) is 13.6 Å². The Bertz CT molecular complexity index is 520. The second-order valence-electron chi connectivity index (χ2n) is 6.04. The molecule has 1 aliphatic carbocycles. The molecule has 0 bridgehead atoms. The van der Waals surface area contributed by atoms with Crippen molar-refractivity contribution < 1.29 is 18.3 Å². The first-order valence-corrected chi connectivity index (χ1v) is 7.36. The fourth-order valence-corrected chi connectivity index (χ4v) is 3.11. The minimum absolute atomic E-state index is 0.0209. The Morgan fingerprint density at radius 3 is 2.57 bits per heavy atom. The van der Waals surface area contributed by atoms with E-state index in [0.717, 1.165) is 5.56 Å². The van der Waals surface area contributed by atoms with Crippen LogP contribution in [0.2, 0.25) is 0 Å². The van der Waals surface area contributed by atoms with Gasteiger partial charge in [-0.3, -0.25) is 0 Å². The maximum atomic E-state index is 13.4. The van der Waals surface area contributed by atoms with E-state index in [1.54, 1.807) is 4.90 Å². The van der Waals surface area contributed by atoms with Crippen LogP contribution in [0.3, 0.4) is 0 Å². The van der Waals surface area contributed by atoms with E-state index >= 15 is 0 Å². The molecule has 0 radical (unpaired) electrons. The van der Waals surface area contributed by atoms with Crippen molar-refractivity contribution in [3.05, 3.63) is 35.9 Å². The van der Waals surface area contributed by atoms with Crippen molar-refractivity contribution in [1.82, 2.24) is 4.90 Å². The fourth-order valence-electron chi connectivity index (χ4n) is 3.11. The number of nitrogens with zero attached hydrogens (tertiary/aromatic N) is 1. The van der Waals surface area contributed by atoms with Gasteiger partial charge >= 0.3 is 6.09 Å². The molecule has 1 atom stereocenters. The molecule has 21 heavy (non-hydrogen) atoms. The van der Waals surface area contributed by atoms with Gasteiger partial charge in [-0.2, -0.15) is 0 Å². The smallest absolute Gasteiger partial charge is 0.410 e. The van der Waals surface area contributed by atoms with E-state index in [1.807, 2.05) is 30.3 Å². The number of halogens is 2. The van der Waals surface area contributed by atoms with Gasteiger partial charge in [-0.05, 0) is 24.8 Å². The summed E-state index contributed by atoms with van der Waals surface area (Å²) in [6, 6.07) is 9.43. The molecular weight excluding hydrogens is 276 g/mol. The molecule has 1 amide bonds. The van der Waals surface area contributed by atoms with Crippen molar-refractivity contribution in [3.8, 4) is 0 Å². The number of benzene rings is 1. The number of carbonyl (C=O) groups is 1. The predicted octanol–water partition coefficient (Wildman–Crippen LogP) is 3.83. The molecule has 0 aromatic heterocycles. The zero-order chi connectivity index (χ0) is 14.9. The molecule has 1 saturated carbocycles. The molecule has 2 aliphatic rings. The van der Waals surface area contributed by atoms with Gasteiger partial charge in [0.15, 0.2) is 0 Å². The summed E-state index contributed by atoms with van der Waals surface area (Å²) in [5, 5.41) is 0. The zero-order valence-corrected chi connectivity index (χ0v) is 11.9. The van der Waals surface area contributed by atoms with Gasteiger partial charge in [-0.25, -0.2) is 13.6 Å². The largest absolute Gasteiger partial charge is 0.445 e. The second-order valence-corrected chi connectivity index (χ2v) is 6.04. The summed E-state index contributed by atoms with van der Waals surface area (Å²) >= 11 is 0. The summed E-state index contributed by atoms with van der Waals surface area (Å²) in [7, 11) is 0. The van der Waals surface area contributed by atoms with E-state index in [4.69, 9.17) is 4.74 Å². The molecule has 3 rings (SSSR count). The number of hydrogen-bond donors (Lipinski definition) is 0. The predicted molar refractivity (Wildman–Crippen MR) is 74.0 cm³/mol. The second kappa shape index (κ2) is 5.28. The topological polar surface area (TPSA) is 29.5 Å². The third-order valence-corrected chi connectivity index (χ3v) is 4.62. The molecular formula is C16H19F2NO2. The Hall–Kier alpha value is -1.65. The number of rotatable bonds is 2. The van der Waals surface area contributed by atoms with Gasteiger partial charge in [-0.15, -0.1) is 0 Å². The summed E-state index contributed by atoms with van der Waals surface area (Å²) in [4.78, 5) is 13.6. The normalized spacial score (nSPS) is 27.2. The fraction of sp³-hybridized carbons (Fsp3) is 0.562. The number of likely N-dealkylation sites (tertiary alicyclic amines) is 1. The molecule has 5 heteroatoms. The maximum absolute atomic E-state index is 13.4. The molecule has 114 valence electrons. The lowest BCUT2D eigenvalue weighted by Crippen LogP contribution is -2.32. The van der Waals surface area contributed by atoms with E-state index in [9.17, 15) is 13.6 Å². The van der Waals surface area contributed by atoms with E-state index in [0.29, 0.717) is 32.4 Å². The summed E-state index contributed by atoms with van der Waals surface area (Å²) in [6.07, 6.45) is 1.08. The van der Waals surface area contributed by atoms with Crippen LogP contribution in [0.25, 0.3) is 0 Å². The summed E-state index contributed by atoms with van der Waals surface area (Å²) in [5.41, 5.74) is 0.0763. The van der Waals surface area contributed by atoms with Crippen LogP contribution in [0.15, 0.2) is 30.3 Å². The standard InChI is InChI=1S/C16H19F2NO2/c17-16(18)12-15(16)7-4-9-19(10-8-15)14(20)21-11-13-5-2-1-3-6-13/h1-3,5-6H,4,7-12H2. The summed E-state index contributed by atoms with van der Waals surface area (Å²) < 4.78 is 32.1. The summed E-state index contributed by atoms with van der Waals surface area (Å²) in [6.45, 7) is 1.09. The quantitative estimate of drug-likeness (QED) is 0.829. The molecule has 1 unspecified atom stereocenters. The van der Waals surface area contributed by atoms with Gasteiger partial charge in [0, 0.05) is 24.9 Å². The molecule has 3 nitrogen and oxygen atoms in total. The Morgan fingerprint density at radius 1 is 1.19 bits per heavy atom. The first-order valence-electron chi connectivity index (χ1n) is 7.36. The minimum Gasteiger partial charge on any atom is -0.445 e. The SMILES string of the molecule is O=C(OCc1ccccc1)N1CCCC2(CC1)CC2(F)F. The molecule has 1 aromatic carbocycles. The van der Waals surface area contributed by atoms with Crippen LogP contribution in [-0.4, -0.2) is 30.0 Å². The Labute approximate surface area is 122 Å². The highest BCUT2D eigenvalue weighted by molar-refractivity contribution is 5.67. The average molecular weight is 295 g/mol. The highest BCUT2D eigenvalue weighted by atomic mass is 19.3. The molecule has 0 N–H and O–H groups in total. The van der Waals surface area contributed by atoms with E-state index in [2.05, 4.69) is 0 Å². The van der Waals surface area contributed by atoms with Crippen molar-refractivity contribution in [2.45, 2.75) is 38.2 Å². The third-order valence-electron chi connectivity index (χ3n) is 4.62. The maximum Gasteiger partial charge on any atom is 0.410 e. The number of carbonyl (C=O) groups excluding carboxylic acids is 1. The lowest BCUT2D eigenvalue weighted by Gasteiger charge is -2.20.